The fraction of sp³-hybridized carbons (Fsp3) is 0.333. The van der Waals surface area contributed by atoms with Crippen LogP contribution in [0.15, 0.2) is 29.0 Å². The number of nitrogens with one attached hydrogen (secondary N) is 1. The van der Waals surface area contributed by atoms with E-state index in [-0.39, 0.29) is 5.84 Å². The van der Waals surface area contributed by atoms with Gasteiger partial charge in [-0.05, 0) is 54.3 Å². The maximum atomic E-state index is 7.62. The van der Waals surface area contributed by atoms with Crippen molar-refractivity contribution in [3.63, 3.8) is 0 Å². The number of amidine groups is 1. The molecule has 3 N–H and O–H groups in total. The van der Waals surface area contributed by atoms with Crippen LogP contribution in [0.5, 0.6) is 0 Å². The summed E-state index contributed by atoms with van der Waals surface area (Å²) in [5.74, 6) is 1.03. The highest BCUT2D eigenvalue weighted by Gasteiger charge is 2.30. The molecule has 3 rings (SSSR count). The van der Waals surface area contributed by atoms with E-state index in [4.69, 9.17) is 11.1 Å². The lowest BCUT2D eigenvalue weighted by atomic mass is 10.2. The fourth-order valence-corrected chi connectivity index (χ4v) is 2.98. The predicted molar refractivity (Wildman–Crippen MR) is 83.5 cm³/mol. The second kappa shape index (κ2) is 5.25. The highest BCUT2D eigenvalue weighted by atomic mass is 32.1. The Hall–Kier alpha value is -1.88. The van der Waals surface area contributed by atoms with E-state index in [1.54, 1.807) is 11.3 Å². The van der Waals surface area contributed by atoms with Gasteiger partial charge in [0.1, 0.15) is 11.7 Å². The minimum absolute atomic E-state index is 0.100. The first-order valence-corrected chi connectivity index (χ1v) is 7.68. The molecule has 104 valence electrons. The van der Waals surface area contributed by atoms with Gasteiger partial charge in [-0.15, -0.1) is 0 Å². The van der Waals surface area contributed by atoms with Crippen LogP contribution in [-0.4, -0.2) is 16.9 Å². The van der Waals surface area contributed by atoms with Crippen molar-refractivity contribution in [2.45, 2.75) is 32.4 Å². The van der Waals surface area contributed by atoms with Gasteiger partial charge in [-0.2, -0.15) is 11.3 Å². The van der Waals surface area contributed by atoms with Gasteiger partial charge in [0.05, 0.1) is 0 Å². The maximum absolute atomic E-state index is 7.62. The molecule has 2 aromatic heterocycles. The van der Waals surface area contributed by atoms with Crippen molar-refractivity contribution in [2.75, 3.05) is 4.90 Å². The van der Waals surface area contributed by atoms with Gasteiger partial charge in [-0.3, -0.25) is 5.41 Å². The van der Waals surface area contributed by atoms with Gasteiger partial charge in [0.15, 0.2) is 0 Å². The van der Waals surface area contributed by atoms with Crippen molar-refractivity contribution in [2.24, 2.45) is 5.73 Å². The van der Waals surface area contributed by atoms with Crippen molar-refractivity contribution in [1.29, 1.82) is 5.41 Å². The molecule has 1 aliphatic carbocycles. The number of pyridine rings is 1. The van der Waals surface area contributed by atoms with Crippen LogP contribution >= 0.6 is 11.3 Å². The zero-order valence-electron chi connectivity index (χ0n) is 11.5. The largest absolute Gasteiger partial charge is 0.384 e. The van der Waals surface area contributed by atoms with Gasteiger partial charge in [-0.25, -0.2) is 4.98 Å². The van der Waals surface area contributed by atoms with E-state index in [0.717, 1.165) is 23.6 Å². The molecular formula is C15H18N4S. The van der Waals surface area contributed by atoms with Crippen LogP contribution in [0.25, 0.3) is 0 Å². The average molecular weight is 286 g/mol. The predicted octanol–water partition coefficient (Wildman–Crippen LogP) is 2.90. The summed E-state index contributed by atoms with van der Waals surface area (Å²) >= 11 is 1.72. The zero-order valence-corrected chi connectivity index (χ0v) is 12.3. The van der Waals surface area contributed by atoms with Crippen LogP contribution in [0, 0.1) is 12.3 Å². The summed E-state index contributed by atoms with van der Waals surface area (Å²) in [4.78, 5) is 6.97. The Labute approximate surface area is 122 Å². The third kappa shape index (κ3) is 2.82. The maximum Gasteiger partial charge on any atom is 0.130 e. The van der Waals surface area contributed by atoms with Crippen molar-refractivity contribution < 1.29 is 0 Å². The van der Waals surface area contributed by atoms with E-state index in [1.165, 1.54) is 18.4 Å². The van der Waals surface area contributed by atoms with E-state index in [2.05, 4.69) is 26.7 Å². The minimum Gasteiger partial charge on any atom is -0.384 e. The van der Waals surface area contributed by atoms with Crippen LogP contribution in [0.3, 0.4) is 0 Å². The van der Waals surface area contributed by atoms with E-state index in [0.29, 0.717) is 6.04 Å². The van der Waals surface area contributed by atoms with Crippen LogP contribution in [0.4, 0.5) is 5.82 Å². The van der Waals surface area contributed by atoms with Gasteiger partial charge in [-0.1, -0.05) is 0 Å². The number of nitrogens with two attached hydrogens (primary N) is 1. The van der Waals surface area contributed by atoms with Gasteiger partial charge >= 0.3 is 0 Å². The Morgan fingerprint density at radius 1 is 1.50 bits per heavy atom. The van der Waals surface area contributed by atoms with Crippen molar-refractivity contribution >= 4 is 23.0 Å². The normalized spacial score (nSPS) is 14.2. The molecule has 0 amide bonds. The Bertz CT molecular complexity index is 617. The summed E-state index contributed by atoms with van der Waals surface area (Å²) in [6, 6.07) is 6.52. The average Bonchev–Trinajstić information content (AvgIpc) is 3.12. The lowest BCUT2D eigenvalue weighted by Gasteiger charge is -2.24. The molecule has 5 heteroatoms. The molecule has 2 aromatic rings. The van der Waals surface area contributed by atoms with Crippen molar-refractivity contribution in [1.82, 2.24) is 4.98 Å². The van der Waals surface area contributed by atoms with Crippen molar-refractivity contribution in [3.8, 4) is 0 Å². The summed E-state index contributed by atoms with van der Waals surface area (Å²) < 4.78 is 0. The van der Waals surface area contributed by atoms with Crippen LogP contribution in [0.1, 0.15) is 29.7 Å². The molecule has 0 radical (unpaired) electrons. The Morgan fingerprint density at radius 2 is 2.30 bits per heavy atom. The standard InChI is InChI=1S/C15H18N4S/c1-10-6-12(15(16)17)7-14(18-10)19(13-2-3-13)8-11-4-5-20-9-11/h4-7,9,13H,2-3,8H2,1H3,(H3,16,17). The molecule has 20 heavy (non-hydrogen) atoms. The molecule has 0 bridgehead atoms. The smallest absolute Gasteiger partial charge is 0.130 e. The quantitative estimate of drug-likeness (QED) is 0.656. The monoisotopic (exact) mass is 286 g/mol. The highest BCUT2D eigenvalue weighted by Crippen LogP contribution is 2.33. The van der Waals surface area contributed by atoms with Crippen molar-refractivity contribution in [3.05, 3.63) is 45.8 Å². The Morgan fingerprint density at radius 3 is 2.90 bits per heavy atom. The van der Waals surface area contributed by atoms with Crippen LogP contribution in [0.2, 0.25) is 0 Å². The number of hydrogen-bond donors (Lipinski definition) is 2. The minimum atomic E-state index is 0.100. The molecule has 1 fully saturated rings. The first kappa shape index (κ1) is 13.1. The molecule has 0 atom stereocenters. The summed E-state index contributed by atoms with van der Waals surface area (Å²) in [5, 5.41) is 11.9. The first-order valence-electron chi connectivity index (χ1n) is 6.74. The number of aryl methyl sites for hydroxylation is 1. The third-order valence-corrected chi connectivity index (χ3v) is 4.20. The van der Waals surface area contributed by atoms with E-state index in [1.807, 2.05) is 19.1 Å². The highest BCUT2D eigenvalue weighted by molar-refractivity contribution is 7.07. The Kier molecular flexibility index (Phi) is 3.44. The molecule has 1 saturated carbocycles. The number of nitrogens with zero attached hydrogens (tertiary/aromatic N) is 2. The fourth-order valence-electron chi connectivity index (χ4n) is 2.32. The number of nitrogen functional groups attached to an aromatic ring is 1. The summed E-state index contributed by atoms with van der Waals surface area (Å²) in [5.41, 5.74) is 8.59. The number of hydrogen-bond acceptors (Lipinski definition) is 4. The lowest BCUT2D eigenvalue weighted by Crippen LogP contribution is -2.26. The van der Waals surface area contributed by atoms with Crippen LogP contribution in [-0.2, 0) is 6.54 Å². The molecule has 0 aliphatic heterocycles. The zero-order chi connectivity index (χ0) is 14.1. The number of aromatic nitrogens is 1. The van der Waals surface area contributed by atoms with E-state index >= 15 is 0 Å². The summed E-state index contributed by atoms with van der Waals surface area (Å²) in [7, 11) is 0. The van der Waals surface area contributed by atoms with Gasteiger partial charge in [0, 0.05) is 23.8 Å². The first-order chi connectivity index (χ1) is 9.63. The second-order valence-corrected chi connectivity index (χ2v) is 6.04. The summed E-state index contributed by atoms with van der Waals surface area (Å²) in [6.45, 7) is 2.83. The van der Waals surface area contributed by atoms with Gasteiger partial charge in [0.25, 0.3) is 0 Å². The molecule has 0 aromatic carbocycles. The molecule has 0 saturated heterocycles. The number of rotatable bonds is 5. The Balaban J connectivity index is 1.93. The van der Waals surface area contributed by atoms with E-state index < -0.39 is 0 Å². The SMILES string of the molecule is Cc1cc(C(=N)N)cc(N(Cc2ccsc2)C2CC2)n1. The van der Waals surface area contributed by atoms with Crippen LogP contribution < -0.4 is 10.6 Å². The van der Waals surface area contributed by atoms with E-state index in [9.17, 15) is 0 Å². The molecule has 0 spiro atoms. The molecule has 2 heterocycles. The molecule has 0 unspecified atom stereocenters. The second-order valence-electron chi connectivity index (χ2n) is 5.26. The number of thiophene rings is 1. The summed E-state index contributed by atoms with van der Waals surface area (Å²) in [6.07, 6.45) is 2.43. The van der Waals surface area contributed by atoms with Gasteiger partial charge < -0.3 is 10.6 Å². The topological polar surface area (TPSA) is 66.0 Å². The molecular weight excluding hydrogens is 268 g/mol. The number of anilines is 1. The molecule has 4 nitrogen and oxygen atoms in total. The lowest BCUT2D eigenvalue weighted by molar-refractivity contribution is 0.777. The third-order valence-electron chi connectivity index (χ3n) is 3.47. The van der Waals surface area contributed by atoms with Gasteiger partial charge in [0.2, 0.25) is 0 Å². The molecule has 1 aliphatic rings.